The highest BCUT2D eigenvalue weighted by molar-refractivity contribution is 9.10. The van der Waals surface area contributed by atoms with E-state index in [-0.39, 0.29) is 20.8 Å². The summed E-state index contributed by atoms with van der Waals surface area (Å²) in [6, 6.07) is 8.40. The number of thiol groups is 1. The smallest absolute Gasteiger partial charge is 0.294 e. The molecule has 0 spiro atoms. The zero-order chi connectivity index (χ0) is 20.1. The van der Waals surface area contributed by atoms with Crippen molar-refractivity contribution in [3.05, 3.63) is 63.4 Å². The van der Waals surface area contributed by atoms with Crippen LogP contribution in [-0.2, 0) is 20.5 Å². The van der Waals surface area contributed by atoms with Gasteiger partial charge in [-0.15, -0.1) is 12.6 Å². The van der Waals surface area contributed by atoms with Crippen LogP contribution in [0, 0.1) is 12.7 Å². The number of benzene rings is 2. The minimum atomic E-state index is -4.39. The van der Waals surface area contributed by atoms with Gasteiger partial charge < -0.3 is 4.90 Å². The molecule has 1 aliphatic rings. The van der Waals surface area contributed by atoms with Crippen LogP contribution in [0.4, 0.5) is 4.39 Å². The number of hydrogen-bond acceptors (Lipinski definition) is 5. The van der Waals surface area contributed by atoms with Crippen LogP contribution in [0.2, 0.25) is 0 Å². The maximum Gasteiger partial charge on any atom is 0.294 e. The molecule has 0 aromatic heterocycles. The standard InChI is InChI=1S/C17H16BrFN2O4S2/c1-9-7-10(4-6-14(9)27(23,24)25)17(15(22)21(2)16(26)20-17)11-3-5-13(19)12(18)8-11/h3-8,16,20,26H,1-2H3,(H,23,24,25). The number of amides is 1. The topological polar surface area (TPSA) is 86.7 Å². The molecule has 144 valence electrons. The number of nitrogens with one attached hydrogen (secondary N) is 1. The fourth-order valence-corrected chi connectivity index (χ4v) is 4.59. The highest BCUT2D eigenvalue weighted by Crippen LogP contribution is 2.39. The summed E-state index contributed by atoms with van der Waals surface area (Å²) in [4.78, 5) is 14.3. The molecule has 10 heteroatoms. The summed E-state index contributed by atoms with van der Waals surface area (Å²) in [5.41, 5.74) is -0.819. The Bertz CT molecular complexity index is 1050. The molecular weight excluding hydrogens is 459 g/mol. The molecule has 1 fully saturated rings. The van der Waals surface area contributed by atoms with E-state index in [0.29, 0.717) is 11.1 Å². The van der Waals surface area contributed by atoms with Crippen molar-refractivity contribution in [2.45, 2.75) is 22.9 Å². The van der Waals surface area contributed by atoms with Crippen molar-refractivity contribution < 1.29 is 22.2 Å². The first-order valence-electron chi connectivity index (χ1n) is 7.75. The third kappa shape index (κ3) is 3.29. The summed E-state index contributed by atoms with van der Waals surface area (Å²) >= 11 is 7.50. The number of carbonyl (C=O) groups excluding carboxylic acids is 1. The Kier molecular flexibility index (Phi) is 5.15. The van der Waals surface area contributed by atoms with Gasteiger partial charge in [-0.3, -0.25) is 14.7 Å². The molecule has 27 heavy (non-hydrogen) atoms. The monoisotopic (exact) mass is 474 g/mol. The lowest BCUT2D eigenvalue weighted by atomic mass is 9.82. The van der Waals surface area contributed by atoms with Gasteiger partial charge in [0.05, 0.1) is 9.37 Å². The second kappa shape index (κ2) is 6.85. The Morgan fingerprint density at radius 1 is 1.26 bits per heavy atom. The highest BCUT2D eigenvalue weighted by atomic mass is 79.9. The van der Waals surface area contributed by atoms with Crippen molar-refractivity contribution in [3.8, 4) is 0 Å². The Balaban J connectivity index is 2.28. The van der Waals surface area contributed by atoms with Crippen molar-refractivity contribution >= 4 is 44.6 Å². The average Bonchev–Trinajstić information content (AvgIpc) is 2.81. The zero-order valence-electron chi connectivity index (χ0n) is 14.3. The van der Waals surface area contributed by atoms with Gasteiger partial charge in [0.2, 0.25) is 0 Å². The maximum absolute atomic E-state index is 13.7. The number of rotatable bonds is 3. The van der Waals surface area contributed by atoms with E-state index >= 15 is 0 Å². The van der Waals surface area contributed by atoms with Crippen LogP contribution in [0.5, 0.6) is 0 Å². The first-order chi connectivity index (χ1) is 12.5. The quantitative estimate of drug-likeness (QED) is 0.470. The Morgan fingerprint density at radius 3 is 2.33 bits per heavy atom. The maximum atomic E-state index is 13.7. The van der Waals surface area contributed by atoms with E-state index in [4.69, 9.17) is 0 Å². The first kappa shape index (κ1) is 20.3. The predicted octanol–water partition coefficient (Wildman–Crippen LogP) is 2.66. The molecule has 1 heterocycles. The molecule has 1 saturated heterocycles. The van der Waals surface area contributed by atoms with Gasteiger partial charge in [-0.1, -0.05) is 18.2 Å². The van der Waals surface area contributed by atoms with Gasteiger partial charge in [0, 0.05) is 7.05 Å². The normalized spacial score (nSPS) is 23.1. The summed E-state index contributed by atoms with van der Waals surface area (Å²) in [5, 5.41) is 3.12. The van der Waals surface area contributed by atoms with Crippen LogP contribution >= 0.6 is 28.6 Å². The van der Waals surface area contributed by atoms with Crippen molar-refractivity contribution in [2.24, 2.45) is 0 Å². The van der Waals surface area contributed by atoms with Crippen LogP contribution in [0.1, 0.15) is 16.7 Å². The molecule has 2 atom stereocenters. The Labute approximate surface area is 170 Å². The summed E-state index contributed by atoms with van der Waals surface area (Å²) in [6.45, 7) is 1.52. The van der Waals surface area contributed by atoms with Gasteiger partial charge in [-0.2, -0.15) is 8.42 Å². The van der Waals surface area contributed by atoms with Crippen LogP contribution in [0.3, 0.4) is 0 Å². The number of aryl methyl sites for hydroxylation is 1. The van der Waals surface area contributed by atoms with Crippen LogP contribution in [-0.4, -0.2) is 36.3 Å². The van der Waals surface area contributed by atoms with Crippen LogP contribution in [0.15, 0.2) is 45.8 Å². The van der Waals surface area contributed by atoms with E-state index in [1.807, 2.05) is 0 Å². The summed E-state index contributed by atoms with van der Waals surface area (Å²) in [6.07, 6.45) is 0. The lowest BCUT2D eigenvalue weighted by Crippen LogP contribution is -2.45. The van der Waals surface area contributed by atoms with Gasteiger partial charge >= 0.3 is 0 Å². The highest BCUT2D eigenvalue weighted by Gasteiger charge is 2.51. The van der Waals surface area contributed by atoms with E-state index < -0.39 is 27.0 Å². The van der Waals surface area contributed by atoms with Crippen LogP contribution in [0.25, 0.3) is 0 Å². The Hall–Kier alpha value is -1.46. The molecule has 2 N–H and O–H groups in total. The molecule has 0 aliphatic carbocycles. The van der Waals surface area contributed by atoms with Gasteiger partial charge in [0.15, 0.2) is 5.54 Å². The van der Waals surface area contributed by atoms with Gasteiger partial charge in [-0.05, 0) is 57.7 Å². The van der Waals surface area contributed by atoms with E-state index in [0.717, 1.165) is 0 Å². The lowest BCUT2D eigenvalue weighted by Gasteiger charge is -2.29. The Morgan fingerprint density at radius 2 is 1.85 bits per heavy atom. The summed E-state index contributed by atoms with van der Waals surface area (Å²) < 4.78 is 46.2. The first-order valence-corrected chi connectivity index (χ1v) is 10.5. The van der Waals surface area contributed by atoms with Gasteiger partial charge in [0.1, 0.15) is 11.3 Å². The lowest BCUT2D eigenvalue weighted by molar-refractivity contribution is -0.130. The fourth-order valence-electron chi connectivity index (χ4n) is 3.21. The SMILES string of the molecule is Cc1cc(C2(c3ccc(F)c(Br)c3)NC(S)N(C)C2=O)ccc1S(=O)(=O)O. The van der Waals surface area contributed by atoms with Gasteiger partial charge in [0.25, 0.3) is 16.0 Å². The third-order valence-electron chi connectivity index (χ3n) is 4.59. The zero-order valence-corrected chi connectivity index (χ0v) is 17.6. The van der Waals surface area contributed by atoms with E-state index in [2.05, 4.69) is 33.9 Å². The number of likely N-dealkylation sites (N-methyl/N-ethyl adjacent to an activating group) is 1. The second-order valence-corrected chi connectivity index (χ2v) is 9.00. The molecule has 1 aliphatic heterocycles. The number of halogens is 2. The van der Waals surface area contributed by atoms with Gasteiger partial charge in [-0.25, -0.2) is 4.39 Å². The number of nitrogens with zero attached hydrogens (tertiary/aromatic N) is 1. The van der Waals surface area contributed by atoms with Crippen LogP contribution < -0.4 is 5.32 Å². The van der Waals surface area contributed by atoms with E-state index in [1.54, 1.807) is 7.05 Å². The molecule has 2 aromatic rings. The van der Waals surface area contributed by atoms with E-state index in [9.17, 15) is 22.2 Å². The molecule has 0 bridgehead atoms. The largest absolute Gasteiger partial charge is 0.319 e. The van der Waals surface area contributed by atoms with Crippen molar-refractivity contribution in [3.63, 3.8) is 0 Å². The van der Waals surface area contributed by atoms with E-state index in [1.165, 1.54) is 48.2 Å². The molecule has 3 rings (SSSR count). The molecule has 0 radical (unpaired) electrons. The molecule has 2 aromatic carbocycles. The minimum absolute atomic E-state index is 0.186. The van der Waals surface area contributed by atoms with Crippen molar-refractivity contribution in [1.82, 2.24) is 10.2 Å². The minimum Gasteiger partial charge on any atom is -0.319 e. The predicted molar refractivity (Wildman–Crippen MR) is 105 cm³/mol. The fraction of sp³-hybridized carbons (Fsp3) is 0.235. The molecule has 6 nitrogen and oxygen atoms in total. The molecule has 1 amide bonds. The average molecular weight is 475 g/mol. The summed E-state index contributed by atoms with van der Waals surface area (Å²) in [7, 11) is -2.82. The third-order valence-corrected chi connectivity index (χ3v) is 6.69. The second-order valence-electron chi connectivity index (χ2n) is 6.27. The number of carbonyl (C=O) groups is 1. The molecular formula is C17H16BrFN2O4S2. The van der Waals surface area contributed by atoms with Crippen molar-refractivity contribution in [2.75, 3.05) is 7.05 Å². The molecule has 0 saturated carbocycles. The van der Waals surface area contributed by atoms with Crippen molar-refractivity contribution in [1.29, 1.82) is 0 Å². The molecule has 2 unspecified atom stereocenters. The number of hydrogen-bond donors (Lipinski definition) is 3. The summed E-state index contributed by atoms with van der Waals surface area (Å²) in [5.74, 6) is -0.812.